The second-order valence-electron chi connectivity index (χ2n) is 8.97. The van der Waals surface area contributed by atoms with E-state index in [0.717, 1.165) is 17.8 Å². The lowest BCUT2D eigenvalue weighted by atomic mass is 9.93. The van der Waals surface area contributed by atoms with Gasteiger partial charge in [-0.25, -0.2) is 4.57 Å². The molecule has 0 spiro atoms. The van der Waals surface area contributed by atoms with Crippen molar-refractivity contribution in [2.24, 2.45) is 18.9 Å². The van der Waals surface area contributed by atoms with Gasteiger partial charge < -0.3 is 0 Å². The first-order chi connectivity index (χ1) is 13.7. The number of fused-ring (bicyclic) bond motifs is 1. The van der Waals surface area contributed by atoms with Crippen LogP contribution in [0, 0.1) is 18.8 Å². The Morgan fingerprint density at radius 3 is 2.14 bits per heavy atom. The summed E-state index contributed by atoms with van der Waals surface area (Å²) in [5.74, 6) is 2.82. The van der Waals surface area contributed by atoms with Crippen molar-refractivity contribution in [2.75, 3.05) is 0 Å². The van der Waals surface area contributed by atoms with Gasteiger partial charge in [0.1, 0.15) is 7.05 Å². The Hall–Kier alpha value is -2.41. The number of aromatic nitrogens is 1. The number of hydrogen-bond acceptors (Lipinski definition) is 0. The van der Waals surface area contributed by atoms with Crippen molar-refractivity contribution in [1.29, 1.82) is 0 Å². The smallest absolute Gasteiger partial charge is 0.200 e. The van der Waals surface area contributed by atoms with Gasteiger partial charge in [0.05, 0.1) is 0 Å². The van der Waals surface area contributed by atoms with E-state index in [-0.39, 0.29) is 0 Å². The minimum absolute atomic E-state index is 0.795. The molecule has 142 valence electrons. The van der Waals surface area contributed by atoms with Crippen LogP contribution in [0.3, 0.4) is 0 Å². The van der Waals surface area contributed by atoms with Crippen molar-refractivity contribution >= 4 is 0 Å². The summed E-state index contributed by atoms with van der Waals surface area (Å²) >= 11 is 0. The monoisotopic (exact) mass is 368 g/mol. The third-order valence-electron chi connectivity index (χ3n) is 7.26. The van der Waals surface area contributed by atoms with Crippen molar-refractivity contribution in [3.05, 3.63) is 78.0 Å². The Morgan fingerprint density at radius 2 is 1.46 bits per heavy atom. The van der Waals surface area contributed by atoms with Crippen LogP contribution in [-0.2, 0) is 7.05 Å². The van der Waals surface area contributed by atoms with Crippen LogP contribution in [0.15, 0.2) is 66.9 Å². The Kier molecular flexibility index (Phi) is 4.55. The molecule has 1 heterocycles. The van der Waals surface area contributed by atoms with Gasteiger partial charge in [0.15, 0.2) is 6.20 Å². The molecule has 2 aliphatic rings. The molecule has 28 heavy (non-hydrogen) atoms. The van der Waals surface area contributed by atoms with Crippen molar-refractivity contribution in [2.45, 2.75) is 44.9 Å². The zero-order chi connectivity index (χ0) is 19.1. The maximum absolute atomic E-state index is 2.39. The van der Waals surface area contributed by atoms with E-state index in [4.69, 9.17) is 0 Å². The highest BCUT2D eigenvalue weighted by Crippen LogP contribution is 2.50. The summed E-state index contributed by atoms with van der Waals surface area (Å²) in [6.07, 6.45) is 9.52. The predicted molar refractivity (Wildman–Crippen MR) is 116 cm³/mol. The van der Waals surface area contributed by atoms with E-state index in [0.29, 0.717) is 0 Å². The van der Waals surface area contributed by atoms with E-state index in [1.54, 1.807) is 5.56 Å². The van der Waals surface area contributed by atoms with Crippen LogP contribution in [-0.4, -0.2) is 0 Å². The summed E-state index contributed by atoms with van der Waals surface area (Å²) in [6.45, 7) is 2.18. The number of hydrogen-bond donors (Lipinski definition) is 0. The Morgan fingerprint density at radius 1 is 0.786 bits per heavy atom. The summed E-state index contributed by atoms with van der Waals surface area (Å²) in [6, 6.07) is 22.5. The quantitative estimate of drug-likeness (QED) is 0.468. The van der Waals surface area contributed by atoms with Crippen molar-refractivity contribution < 1.29 is 4.57 Å². The lowest BCUT2D eigenvalue weighted by molar-refractivity contribution is -0.659. The molecule has 3 aromatic rings. The van der Waals surface area contributed by atoms with E-state index in [9.17, 15) is 0 Å². The maximum atomic E-state index is 2.39. The van der Waals surface area contributed by atoms with E-state index < -0.39 is 0 Å². The predicted octanol–water partition coefficient (Wildman–Crippen LogP) is 6.45. The number of pyridine rings is 1. The van der Waals surface area contributed by atoms with Gasteiger partial charge in [-0.2, -0.15) is 0 Å². The maximum Gasteiger partial charge on any atom is 0.212 e. The third-order valence-corrected chi connectivity index (χ3v) is 7.26. The Labute approximate surface area is 169 Å². The molecule has 3 atom stereocenters. The lowest BCUT2D eigenvalue weighted by Crippen LogP contribution is -2.30. The fraction of sp³-hybridized carbons (Fsp3) is 0.370. The molecular formula is C27H30N+. The van der Waals surface area contributed by atoms with Gasteiger partial charge in [-0.3, -0.25) is 0 Å². The average Bonchev–Trinajstić information content (AvgIpc) is 3.31. The Balaban J connectivity index is 1.38. The minimum Gasteiger partial charge on any atom is -0.200 e. The summed E-state index contributed by atoms with van der Waals surface area (Å²) in [4.78, 5) is 0. The molecule has 1 heteroatoms. The largest absolute Gasteiger partial charge is 0.212 e. The SMILES string of the molecule is Cc1ccccc1-c1ccc(-c2ccc(C3C[C@H]4CCC[C@H]4C3)cc2)c[n+]1C. The topological polar surface area (TPSA) is 3.88 Å². The van der Waals surface area contributed by atoms with E-state index in [1.807, 2.05) is 0 Å². The number of rotatable bonds is 3. The second-order valence-corrected chi connectivity index (χ2v) is 8.97. The van der Waals surface area contributed by atoms with Crippen LogP contribution in [0.4, 0.5) is 0 Å². The second kappa shape index (κ2) is 7.20. The molecule has 1 aromatic heterocycles. The van der Waals surface area contributed by atoms with E-state index in [2.05, 4.69) is 85.4 Å². The standard InChI is InChI=1S/C27H30N/c1-19-6-3-4-9-26(19)27-15-14-24(18-28(27)2)20-10-12-21(13-11-20)25-16-22-7-5-8-23(22)17-25/h3-4,6,9-15,18,22-23,25H,5,7-8,16-17H2,1-2H3/q+1/t22-,23+,25?. The molecule has 2 aromatic carbocycles. The van der Waals surface area contributed by atoms with Crippen molar-refractivity contribution in [1.82, 2.24) is 0 Å². The van der Waals surface area contributed by atoms with Crippen LogP contribution in [0.2, 0.25) is 0 Å². The van der Waals surface area contributed by atoms with Crippen LogP contribution in [0.5, 0.6) is 0 Å². The number of benzene rings is 2. The van der Waals surface area contributed by atoms with Gasteiger partial charge in [0.25, 0.3) is 0 Å². The molecule has 2 aliphatic carbocycles. The molecule has 0 amide bonds. The summed E-state index contributed by atoms with van der Waals surface area (Å²) < 4.78 is 2.25. The first-order valence-electron chi connectivity index (χ1n) is 10.8. The Bertz CT molecular complexity index is 973. The molecule has 2 fully saturated rings. The summed E-state index contributed by atoms with van der Waals surface area (Å²) in [5.41, 5.74) is 8.04. The van der Waals surface area contributed by atoms with E-state index in [1.165, 1.54) is 60.1 Å². The molecular weight excluding hydrogens is 338 g/mol. The van der Waals surface area contributed by atoms with Crippen LogP contribution < -0.4 is 4.57 Å². The molecule has 0 N–H and O–H groups in total. The molecule has 1 nitrogen and oxygen atoms in total. The van der Waals surface area contributed by atoms with Crippen LogP contribution in [0.1, 0.15) is 49.1 Å². The normalized spacial score (nSPS) is 23.7. The van der Waals surface area contributed by atoms with Gasteiger partial charge in [0.2, 0.25) is 5.69 Å². The number of nitrogens with zero attached hydrogens (tertiary/aromatic N) is 1. The van der Waals surface area contributed by atoms with Gasteiger partial charge in [-0.05, 0) is 66.3 Å². The van der Waals surface area contributed by atoms with Crippen LogP contribution in [0.25, 0.3) is 22.4 Å². The van der Waals surface area contributed by atoms with E-state index >= 15 is 0 Å². The number of aryl methyl sites for hydroxylation is 2. The third kappa shape index (κ3) is 3.17. The summed E-state index contributed by atoms with van der Waals surface area (Å²) in [7, 11) is 2.15. The lowest BCUT2D eigenvalue weighted by Gasteiger charge is -2.12. The molecule has 0 saturated heterocycles. The van der Waals surface area contributed by atoms with Gasteiger partial charge in [-0.15, -0.1) is 0 Å². The molecule has 5 rings (SSSR count). The first kappa shape index (κ1) is 17.7. The molecule has 0 bridgehead atoms. The first-order valence-corrected chi connectivity index (χ1v) is 10.8. The highest BCUT2D eigenvalue weighted by Gasteiger charge is 2.37. The highest BCUT2D eigenvalue weighted by atomic mass is 14.9. The van der Waals surface area contributed by atoms with Crippen LogP contribution >= 0.6 is 0 Å². The van der Waals surface area contributed by atoms with Gasteiger partial charge in [-0.1, -0.05) is 61.7 Å². The fourth-order valence-electron chi connectivity index (χ4n) is 5.70. The van der Waals surface area contributed by atoms with Crippen molar-refractivity contribution in [3.8, 4) is 22.4 Å². The highest BCUT2D eigenvalue weighted by molar-refractivity contribution is 5.66. The fourth-order valence-corrected chi connectivity index (χ4v) is 5.70. The van der Waals surface area contributed by atoms with Crippen molar-refractivity contribution in [3.63, 3.8) is 0 Å². The minimum atomic E-state index is 0.795. The van der Waals surface area contributed by atoms with Gasteiger partial charge >= 0.3 is 0 Å². The molecule has 2 saturated carbocycles. The van der Waals surface area contributed by atoms with Gasteiger partial charge in [0, 0.05) is 17.2 Å². The molecule has 1 unspecified atom stereocenters. The molecule has 0 radical (unpaired) electrons. The average molecular weight is 369 g/mol. The zero-order valence-electron chi connectivity index (χ0n) is 17.1. The zero-order valence-corrected chi connectivity index (χ0v) is 17.1. The molecule has 0 aliphatic heterocycles. The summed E-state index contributed by atoms with van der Waals surface area (Å²) in [5, 5.41) is 0.